The number of hydrogen-bond acceptors (Lipinski definition) is 18. The van der Waals surface area contributed by atoms with Crippen LogP contribution in [0.25, 0.3) is 0 Å². The third-order valence-electron chi connectivity index (χ3n) is 16.3. The van der Waals surface area contributed by atoms with Crippen molar-refractivity contribution >= 4 is 86.9 Å². The molecule has 2 fully saturated rings. The number of likely N-dealkylation sites (tertiary alicyclic amines) is 1. The first-order valence-corrected chi connectivity index (χ1v) is 32.3. The summed E-state index contributed by atoms with van der Waals surface area (Å²) in [5.74, 6) is -6.46. The number of thiazole rings is 1. The lowest BCUT2D eigenvalue weighted by Crippen LogP contribution is -2.60. The number of imide groups is 1. The Kier molecular flexibility index (Phi) is 27.0. The van der Waals surface area contributed by atoms with Gasteiger partial charge in [0, 0.05) is 103 Å². The van der Waals surface area contributed by atoms with Crippen LogP contribution in [0.1, 0.15) is 133 Å². The Hall–Kier alpha value is -7.57. The van der Waals surface area contributed by atoms with Gasteiger partial charge in [-0.15, -0.1) is 11.3 Å². The van der Waals surface area contributed by atoms with Crippen LogP contribution in [0, 0.1) is 17.8 Å². The number of amides is 11. The number of nitrogens with two attached hydrogens (primary N) is 1. The van der Waals surface area contributed by atoms with Crippen molar-refractivity contribution in [3.05, 3.63) is 58.1 Å². The molecule has 0 unspecified atom stereocenters. The number of hydrogen-bond donors (Lipinski definition) is 6. The molecule has 0 radical (unpaired) electrons. The molecule has 2 aromatic rings. The normalized spacial score (nSPS) is 17.9. The number of esters is 1. The molecule has 0 aliphatic carbocycles. The third kappa shape index (κ3) is 21.0. The molecule has 492 valence electrons. The van der Waals surface area contributed by atoms with Gasteiger partial charge in [0.05, 0.1) is 6.04 Å². The number of carbonyl (C=O) groups excluding carboxylic acids is 11. The second-order valence-electron chi connectivity index (χ2n) is 23.5. The lowest BCUT2D eigenvalue weighted by Gasteiger charge is -2.38. The van der Waals surface area contributed by atoms with Gasteiger partial charge in [-0.1, -0.05) is 66.5 Å². The summed E-state index contributed by atoms with van der Waals surface area (Å²) in [6, 6.07) is -1.46. The zero-order chi connectivity index (χ0) is 66.0. The van der Waals surface area contributed by atoms with Gasteiger partial charge in [0.15, 0.2) is 6.10 Å². The molecule has 1 aromatic carbocycles. The van der Waals surface area contributed by atoms with Gasteiger partial charge in [0.25, 0.3) is 17.7 Å². The van der Waals surface area contributed by atoms with E-state index in [1.165, 1.54) is 60.7 Å². The van der Waals surface area contributed by atoms with Crippen molar-refractivity contribution in [1.82, 2.24) is 55.7 Å². The van der Waals surface area contributed by atoms with Crippen molar-refractivity contribution in [3.8, 4) is 5.75 Å². The van der Waals surface area contributed by atoms with Gasteiger partial charge in [-0.2, -0.15) is 8.42 Å². The molecule has 89 heavy (non-hydrogen) atoms. The minimum atomic E-state index is -4.91. The van der Waals surface area contributed by atoms with Crippen molar-refractivity contribution in [2.24, 2.45) is 23.5 Å². The average molecular weight is 1290 g/mol. The molecule has 28 nitrogen and oxygen atoms in total. The minimum absolute atomic E-state index is 0.0176. The van der Waals surface area contributed by atoms with Crippen LogP contribution in [-0.4, -0.2) is 216 Å². The summed E-state index contributed by atoms with van der Waals surface area (Å²) >= 11 is 0.998. The molecular weight excluding hydrogens is 1200 g/mol. The highest BCUT2D eigenvalue weighted by Gasteiger charge is 2.40. The molecule has 4 heterocycles. The van der Waals surface area contributed by atoms with E-state index in [1.54, 1.807) is 30.7 Å². The van der Waals surface area contributed by atoms with Crippen LogP contribution in [0.3, 0.4) is 0 Å². The molecule has 3 aliphatic heterocycles. The molecule has 3 aliphatic rings. The Bertz CT molecular complexity index is 2990. The maximum atomic E-state index is 14.9. The van der Waals surface area contributed by atoms with Gasteiger partial charge < -0.3 is 55.5 Å². The highest BCUT2D eigenvalue weighted by atomic mass is 32.3. The predicted molar refractivity (Wildman–Crippen MR) is 326 cm³/mol. The first-order valence-electron chi connectivity index (χ1n) is 30.1. The van der Waals surface area contributed by atoms with E-state index in [1.807, 2.05) is 39.6 Å². The second kappa shape index (κ2) is 33.3. The van der Waals surface area contributed by atoms with Gasteiger partial charge in [-0.05, 0) is 81.1 Å². The molecule has 0 bridgehead atoms. The number of urea groups is 1. The van der Waals surface area contributed by atoms with Crippen LogP contribution in [-0.2, 0) is 64.7 Å². The van der Waals surface area contributed by atoms with Gasteiger partial charge in [-0.3, -0.25) is 62.3 Å². The number of ether oxygens (including phenoxy) is 1. The number of nitrogens with one attached hydrogen (secondary N) is 4. The number of carbonyl (C=O) groups is 11. The molecule has 0 saturated carbocycles. The van der Waals surface area contributed by atoms with Crippen LogP contribution in [0.5, 0.6) is 5.75 Å². The second-order valence-corrected chi connectivity index (χ2v) is 25.4. The summed E-state index contributed by atoms with van der Waals surface area (Å²) in [5.41, 5.74) is 5.50. The Balaban J connectivity index is 1.38. The Morgan fingerprint density at radius 2 is 1.47 bits per heavy atom. The topological polar surface area (TPSA) is 367 Å². The third-order valence-corrected chi connectivity index (χ3v) is 17.7. The highest BCUT2D eigenvalue weighted by molar-refractivity contribution is 7.81. The number of primary amides is 1. The van der Waals surface area contributed by atoms with E-state index in [2.05, 4.69) is 30.4 Å². The summed E-state index contributed by atoms with van der Waals surface area (Å²) in [5, 5.41) is 12.7. The summed E-state index contributed by atoms with van der Waals surface area (Å²) in [6.07, 6.45) is 4.45. The fourth-order valence-corrected chi connectivity index (χ4v) is 12.1. The van der Waals surface area contributed by atoms with Crippen LogP contribution in [0.4, 0.5) is 4.79 Å². The van der Waals surface area contributed by atoms with Crippen molar-refractivity contribution in [1.29, 1.82) is 0 Å². The Morgan fingerprint density at radius 3 is 2.04 bits per heavy atom. The van der Waals surface area contributed by atoms with Crippen molar-refractivity contribution in [2.45, 2.75) is 155 Å². The van der Waals surface area contributed by atoms with Gasteiger partial charge in [0.1, 0.15) is 40.6 Å². The first kappa shape index (κ1) is 72.2. The number of benzene rings is 1. The Labute approximate surface area is 524 Å². The van der Waals surface area contributed by atoms with E-state index in [0.717, 1.165) is 40.5 Å². The van der Waals surface area contributed by atoms with Gasteiger partial charge >= 0.3 is 22.4 Å². The molecule has 0 spiro atoms. The molecule has 5 rings (SSSR count). The standard InChI is InChI=1S/C59H88N12O16S2/c1-11-37(6)51(65-53(77)43-17-12-13-26-66(43)8)57(80)67(9)44(35(2)3)33-46(86-38(7)72)55-63-42(34-88-55)56(79)68(10)45(32-39-19-21-40(22-20-39)87-89(83,84)85)54(78)62-41(16-14-25-61-59(60)82)52(76)64-50(36(4)5)58(81)70-30-28-69(29-31-70)47(73)18-15-27-71-48(74)23-24-49(71)75/h19-24,34-37,41,43-46,50-51H,11-18,25-33H2,1-10H3,(H,62,78)(H,64,76)(H,65,77)(H3,60,61,82)(H,83,84,85)/t37-,41-,43+,44+,45-,46+,50-,51-/m0/s1. The van der Waals surface area contributed by atoms with Crippen LogP contribution >= 0.6 is 11.3 Å². The molecule has 11 amide bonds. The zero-order valence-corrected chi connectivity index (χ0v) is 54.1. The number of rotatable bonds is 31. The van der Waals surface area contributed by atoms with Crippen LogP contribution < -0.4 is 31.2 Å². The summed E-state index contributed by atoms with van der Waals surface area (Å²) < 4.78 is 42.8. The maximum absolute atomic E-state index is 14.9. The molecule has 7 N–H and O–H groups in total. The number of nitrogens with zero attached hydrogens (tertiary/aromatic N) is 7. The van der Waals surface area contributed by atoms with Crippen molar-refractivity contribution in [2.75, 3.05) is 67.0 Å². The van der Waals surface area contributed by atoms with Crippen LogP contribution in [0.15, 0.2) is 41.8 Å². The largest absolute Gasteiger partial charge is 0.455 e. The smallest absolute Gasteiger partial charge is 0.446 e. The number of piperazine rings is 1. The summed E-state index contributed by atoms with van der Waals surface area (Å²) in [7, 11) is -0.0618. The van der Waals surface area contributed by atoms with E-state index in [4.69, 9.17) is 10.5 Å². The van der Waals surface area contributed by atoms with Crippen molar-refractivity contribution in [3.63, 3.8) is 0 Å². The monoisotopic (exact) mass is 1280 g/mol. The van der Waals surface area contributed by atoms with Crippen LogP contribution in [0.2, 0.25) is 0 Å². The van der Waals surface area contributed by atoms with Crippen molar-refractivity contribution < 1.29 is 74.6 Å². The van der Waals surface area contributed by atoms with E-state index >= 15 is 0 Å². The quantitative estimate of drug-likeness (QED) is 0.0272. The summed E-state index contributed by atoms with van der Waals surface area (Å²) in [4.78, 5) is 161. The van der Waals surface area contributed by atoms with Gasteiger partial charge in [0.2, 0.25) is 35.4 Å². The number of piperidine rings is 1. The fourth-order valence-electron chi connectivity index (χ4n) is 10.9. The minimum Gasteiger partial charge on any atom is -0.455 e. The zero-order valence-electron chi connectivity index (χ0n) is 52.4. The molecule has 8 atom stereocenters. The fraction of sp³-hybridized carbons (Fsp3) is 0.627. The molecule has 2 saturated heterocycles. The Morgan fingerprint density at radius 1 is 0.831 bits per heavy atom. The molecule has 1 aromatic heterocycles. The molecular formula is C59H88N12O16S2. The lowest BCUT2D eigenvalue weighted by molar-refractivity contribution is -0.149. The van der Waals surface area contributed by atoms with E-state index in [9.17, 15) is 65.7 Å². The van der Waals surface area contributed by atoms with E-state index in [0.29, 0.717) is 18.4 Å². The number of aromatic nitrogens is 1. The molecule has 30 heteroatoms. The van der Waals surface area contributed by atoms with Gasteiger partial charge in [-0.25, -0.2) is 9.78 Å². The lowest BCUT2D eigenvalue weighted by atomic mass is 9.92. The average Bonchev–Trinajstić information content (AvgIpc) is 3.18. The summed E-state index contributed by atoms with van der Waals surface area (Å²) in [6.45, 7) is 13.7. The number of likely N-dealkylation sites (N-methyl/N-ethyl adjacent to an activating group) is 3. The first-order chi connectivity index (χ1) is 41.9. The highest BCUT2D eigenvalue weighted by Crippen LogP contribution is 2.32. The predicted octanol–water partition coefficient (Wildman–Crippen LogP) is 1.95. The van der Waals surface area contributed by atoms with E-state index in [-0.39, 0.29) is 130 Å². The maximum Gasteiger partial charge on any atom is 0.446 e. The SMILES string of the molecule is CC[C@H](C)[C@H](NC(=O)[C@H]1CCCCN1C)C(=O)N(C)[C@H](C[C@@H](OC(C)=O)c1nc(C(=O)N(C)[C@@H](Cc2ccc(OS(=O)(=O)O)cc2)C(=O)N[C@@H](CCCNC(N)=O)C(=O)N[C@H](C(=O)N2CCN(C(=O)CCCN3C(=O)C=CC3=O)CC2)C(C)C)cs1)C(C)C. The van der Waals surface area contributed by atoms with E-state index < -0.39 is 100 Å².